The van der Waals surface area contributed by atoms with Crippen molar-refractivity contribution in [3.63, 3.8) is 0 Å². The van der Waals surface area contributed by atoms with Crippen LogP contribution in [0, 0.1) is 5.41 Å². The van der Waals surface area contributed by atoms with Gasteiger partial charge in [-0.1, -0.05) is 23.7 Å². The summed E-state index contributed by atoms with van der Waals surface area (Å²) in [7, 11) is 0. The van der Waals surface area contributed by atoms with Gasteiger partial charge in [0.25, 0.3) is 0 Å². The van der Waals surface area contributed by atoms with Crippen molar-refractivity contribution in [3.8, 4) is 0 Å². The van der Waals surface area contributed by atoms with E-state index in [4.69, 9.17) is 17.0 Å². The topological polar surface area (TPSA) is 47.4 Å². The molecule has 0 saturated carbocycles. The predicted molar refractivity (Wildman–Crippen MR) is 119 cm³/mol. The van der Waals surface area contributed by atoms with Crippen LogP contribution in [0.2, 0.25) is 5.02 Å². The quantitative estimate of drug-likeness (QED) is 0.524. The zero-order chi connectivity index (χ0) is 19.9. The molecule has 1 unspecified atom stereocenters. The zero-order valence-electron chi connectivity index (χ0n) is 16.1. The lowest BCUT2D eigenvalue weighted by molar-refractivity contribution is -0.129. The van der Waals surface area contributed by atoms with Gasteiger partial charge in [-0.05, 0) is 54.8 Å². The van der Waals surface area contributed by atoms with Crippen molar-refractivity contribution >= 4 is 41.2 Å². The van der Waals surface area contributed by atoms with Gasteiger partial charge in [0.15, 0.2) is 0 Å². The van der Waals surface area contributed by atoms with E-state index in [0.717, 1.165) is 44.0 Å². The molecule has 1 atom stereocenters. The van der Waals surface area contributed by atoms with E-state index in [9.17, 15) is 4.79 Å². The lowest BCUT2D eigenvalue weighted by Crippen LogP contribution is -2.48. The maximum absolute atomic E-state index is 11.5. The van der Waals surface area contributed by atoms with Gasteiger partial charge in [-0.25, -0.2) is 0 Å². The number of halogens is 1. The molecule has 1 saturated heterocycles. The van der Waals surface area contributed by atoms with E-state index in [1.54, 1.807) is 18.7 Å². The van der Waals surface area contributed by atoms with E-state index in [-0.39, 0.29) is 11.2 Å². The summed E-state index contributed by atoms with van der Waals surface area (Å²) >= 11 is 7.67. The molecule has 2 aromatic carbocycles. The van der Waals surface area contributed by atoms with Gasteiger partial charge in [0.2, 0.25) is 5.91 Å². The standard InChI is InChI=1S/C22H26ClN3OS/c1-17(27)25-12-14-26(15-13-25)20-7-10-21(11-8-20)28-22(16-24)9-4-18-2-5-19(23)6-3-18/h2-3,5-8,10-11,16,22,24H,4,9,12-15H2,1H3. The second-order valence-electron chi connectivity index (χ2n) is 6.98. The lowest BCUT2D eigenvalue weighted by Gasteiger charge is -2.35. The van der Waals surface area contributed by atoms with Crippen molar-refractivity contribution in [1.82, 2.24) is 4.90 Å². The Kier molecular flexibility index (Phi) is 7.40. The summed E-state index contributed by atoms with van der Waals surface area (Å²) in [5.74, 6) is 0.155. The SMILES string of the molecule is CC(=O)N1CCN(c2ccc(SC(C=N)CCc3ccc(Cl)cc3)cc2)CC1. The number of hydrogen-bond acceptors (Lipinski definition) is 4. The first kappa shape index (κ1) is 20.7. The minimum absolute atomic E-state index is 0.153. The third-order valence-corrected chi connectivity index (χ3v) is 6.50. The summed E-state index contributed by atoms with van der Waals surface area (Å²) in [4.78, 5) is 16.9. The third kappa shape index (κ3) is 5.76. The van der Waals surface area contributed by atoms with Gasteiger partial charge in [-0.3, -0.25) is 4.79 Å². The van der Waals surface area contributed by atoms with Crippen molar-refractivity contribution in [2.45, 2.75) is 29.9 Å². The number of rotatable bonds is 7. The van der Waals surface area contributed by atoms with Crippen molar-refractivity contribution < 1.29 is 4.79 Å². The molecule has 0 aromatic heterocycles. The van der Waals surface area contributed by atoms with Gasteiger partial charge in [-0.2, -0.15) is 0 Å². The molecule has 3 rings (SSSR count). The fourth-order valence-corrected chi connectivity index (χ4v) is 4.40. The molecular weight excluding hydrogens is 390 g/mol. The monoisotopic (exact) mass is 415 g/mol. The van der Waals surface area contributed by atoms with Crippen LogP contribution in [-0.4, -0.2) is 48.5 Å². The third-order valence-electron chi connectivity index (χ3n) is 5.03. The molecule has 1 heterocycles. The Bertz CT molecular complexity index is 786. The first-order valence-corrected chi connectivity index (χ1v) is 10.8. The molecule has 0 aliphatic carbocycles. The normalized spacial score (nSPS) is 15.4. The first-order chi connectivity index (χ1) is 13.5. The fraction of sp³-hybridized carbons (Fsp3) is 0.364. The van der Waals surface area contributed by atoms with E-state index < -0.39 is 0 Å². The Balaban J connectivity index is 1.51. The molecule has 4 nitrogen and oxygen atoms in total. The van der Waals surface area contributed by atoms with Gasteiger partial charge in [0.05, 0.1) is 0 Å². The number of thioether (sulfide) groups is 1. The molecule has 0 bridgehead atoms. The molecular formula is C22H26ClN3OS. The molecule has 148 valence electrons. The summed E-state index contributed by atoms with van der Waals surface area (Å²) in [6, 6.07) is 16.5. The highest BCUT2D eigenvalue weighted by Crippen LogP contribution is 2.28. The van der Waals surface area contributed by atoms with Crippen LogP contribution in [0.25, 0.3) is 0 Å². The maximum atomic E-state index is 11.5. The van der Waals surface area contributed by atoms with Gasteiger partial charge < -0.3 is 15.2 Å². The van der Waals surface area contributed by atoms with Gasteiger partial charge in [-0.15, -0.1) is 11.8 Å². The van der Waals surface area contributed by atoms with Crippen LogP contribution in [-0.2, 0) is 11.2 Å². The molecule has 1 aliphatic heterocycles. The van der Waals surface area contributed by atoms with Gasteiger partial charge in [0.1, 0.15) is 0 Å². The lowest BCUT2D eigenvalue weighted by atomic mass is 10.1. The van der Waals surface area contributed by atoms with Crippen LogP contribution in [0.3, 0.4) is 0 Å². The van der Waals surface area contributed by atoms with Crippen molar-refractivity contribution in [2.24, 2.45) is 0 Å². The molecule has 2 aromatic rings. The Morgan fingerprint density at radius 2 is 1.75 bits per heavy atom. The molecule has 1 aliphatic rings. The smallest absolute Gasteiger partial charge is 0.219 e. The number of anilines is 1. The summed E-state index contributed by atoms with van der Waals surface area (Å²) in [6.07, 6.45) is 3.39. The molecule has 1 amide bonds. The number of hydrogen-bond donors (Lipinski definition) is 1. The number of nitrogens with one attached hydrogen (secondary N) is 1. The van der Waals surface area contributed by atoms with Gasteiger partial charge in [0, 0.05) is 60.2 Å². The molecule has 6 heteroatoms. The zero-order valence-corrected chi connectivity index (χ0v) is 17.7. The number of amides is 1. The average Bonchev–Trinajstić information content (AvgIpc) is 2.73. The summed E-state index contributed by atoms with van der Waals surface area (Å²) < 4.78 is 0. The second-order valence-corrected chi connectivity index (χ2v) is 8.72. The number of piperazine rings is 1. The fourth-order valence-electron chi connectivity index (χ4n) is 3.33. The summed E-state index contributed by atoms with van der Waals surface area (Å²) in [5, 5.41) is 8.67. The molecule has 1 N–H and O–H groups in total. The number of aryl methyl sites for hydroxylation is 1. The Morgan fingerprint density at radius 1 is 1.11 bits per heavy atom. The van der Waals surface area contributed by atoms with E-state index in [1.807, 2.05) is 17.0 Å². The average molecular weight is 416 g/mol. The Morgan fingerprint density at radius 3 is 2.32 bits per heavy atom. The summed E-state index contributed by atoms with van der Waals surface area (Å²) in [5.41, 5.74) is 2.44. The second kappa shape index (κ2) is 9.99. The predicted octanol–water partition coefficient (Wildman–Crippen LogP) is 4.75. The number of nitrogens with zero attached hydrogens (tertiary/aromatic N) is 2. The maximum Gasteiger partial charge on any atom is 0.219 e. The highest BCUT2D eigenvalue weighted by molar-refractivity contribution is 8.00. The van der Waals surface area contributed by atoms with E-state index in [2.05, 4.69) is 41.3 Å². The van der Waals surface area contributed by atoms with Crippen LogP contribution < -0.4 is 4.90 Å². The Hall–Kier alpha value is -1.98. The van der Waals surface area contributed by atoms with Crippen LogP contribution >= 0.6 is 23.4 Å². The number of carbonyl (C=O) groups excluding carboxylic acids is 1. The van der Waals surface area contributed by atoms with Crippen molar-refractivity contribution in [3.05, 3.63) is 59.1 Å². The van der Waals surface area contributed by atoms with Crippen LogP contribution in [0.15, 0.2) is 53.4 Å². The van der Waals surface area contributed by atoms with Crippen LogP contribution in [0.4, 0.5) is 5.69 Å². The molecule has 1 fully saturated rings. The van der Waals surface area contributed by atoms with Crippen molar-refractivity contribution in [1.29, 1.82) is 5.41 Å². The molecule has 0 spiro atoms. The highest BCUT2D eigenvalue weighted by Gasteiger charge is 2.18. The van der Waals surface area contributed by atoms with E-state index >= 15 is 0 Å². The Labute approximate surface area is 176 Å². The largest absolute Gasteiger partial charge is 0.368 e. The number of benzene rings is 2. The van der Waals surface area contributed by atoms with Crippen LogP contribution in [0.5, 0.6) is 0 Å². The van der Waals surface area contributed by atoms with E-state index in [1.165, 1.54) is 22.4 Å². The minimum atomic E-state index is 0.153. The van der Waals surface area contributed by atoms with Gasteiger partial charge >= 0.3 is 0 Å². The minimum Gasteiger partial charge on any atom is -0.368 e. The highest BCUT2D eigenvalue weighted by atomic mass is 35.5. The molecule has 0 radical (unpaired) electrons. The van der Waals surface area contributed by atoms with Crippen LogP contribution in [0.1, 0.15) is 18.9 Å². The summed E-state index contributed by atoms with van der Waals surface area (Å²) in [6.45, 7) is 4.94. The molecule has 28 heavy (non-hydrogen) atoms. The van der Waals surface area contributed by atoms with E-state index in [0.29, 0.717) is 0 Å². The first-order valence-electron chi connectivity index (χ1n) is 9.57. The number of carbonyl (C=O) groups is 1. The van der Waals surface area contributed by atoms with Crippen molar-refractivity contribution in [2.75, 3.05) is 31.1 Å².